The molecule has 4 nitrogen and oxygen atoms in total. The number of nitrogens with zero attached hydrogens (tertiary/aromatic N) is 2. The number of nitrogens with one attached hydrogen (secondary N) is 1. The second-order valence-corrected chi connectivity index (χ2v) is 3.91. The van der Waals surface area contributed by atoms with Crippen LogP contribution in [0.3, 0.4) is 0 Å². The van der Waals surface area contributed by atoms with Crippen LogP contribution in [-0.4, -0.2) is 23.1 Å². The van der Waals surface area contributed by atoms with Crippen LogP contribution >= 0.6 is 0 Å². The molecule has 0 aliphatic heterocycles. The van der Waals surface area contributed by atoms with Crippen LogP contribution in [0.15, 0.2) is 6.07 Å². The molecule has 1 unspecified atom stereocenters. The number of anilines is 1. The molecule has 1 aromatic heterocycles. The first-order chi connectivity index (χ1) is 7.69. The average Bonchev–Trinajstić information content (AvgIpc) is 2.27. The van der Waals surface area contributed by atoms with Gasteiger partial charge in [-0.15, -0.1) is 0 Å². The van der Waals surface area contributed by atoms with E-state index in [2.05, 4.69) is 29.1 Å². The van der Waals surface area contributed by atoms with Crippen molar-refractivity contribution < 1.29 is 4.74 Å². The van der Waals surface area contributed by atoms with Gasteiger partial charge in [-0.1, -0.05) is 20.3 Å². The van der Waals surface area contributed by atoms with Gasteiger partial charge >= 0.3 is 0 Å². The molecule has 90 valence electrons. The highest BCUT2D eigenvalue weighted by Gasteiger charge is 2.08. The summed E-state index contributed by atoms with van der Waals surface area (Å²) in [6.45, 7) is 6.29. The van der Waals surface area contributed by atoms with E-state index in [1.165, 1.54) is 0 Å². The smallest absolute Gasteiger partial charge is 0.226 e. The van der Waals surface area contributed by atoms with E-state index < -0.39 is 0 Å². The molecule has 0 aromatic carbocycles. The van der Waals surface area contributed by atoms with E-state index in [1.54, 1.807) is 7.11 Å². The van der Waals surface area contributed by atoms with Gasteiger partial charge in [0.05, 0.1) is 7.11 Å². The molecule has 0 saturated heterocycles. The number of rotatable bonds is 6. The fraction of sp³-hybridized carbons (Fsp3) is 0.667. The van der Waals surface area contributed by atoms with E-state index in [0.717, 1.165) is 25.0 Å². The second kappa shape index (κ2) is 6.30. The molecule has 16 heavy (non-hydrogen) atoms. The molecule has 4 heteroatoms. The molecule has 1 atom stereocenters. The summed E-state index contributed by atoms with van der Waals surface area (Å²) >= 11 is 0. The van der Waals surface area contributed by atoms with Crippen molar-refractivity contribution in [3.05, 3.63) is 11.8 Å². The second-order valence-electron chi connectivity index (χ2n) is 3.91. The van der Waals surface area contributed by atoms with E-state index in [9.17, 15) is 0 Å². The van der Waals surface area contributed by atoms with E-state index >= 15 is 0 Å². The van der Waals surface area contributed by atoms with Gasteiger partial charge in [0, 0.05) is 17.8 Å². The number of ether oxygens (including phenoxy) is 1. The number of aromatic nitrogens is 2. The molecular weight excluding hydrogens is 202 g/mol. The first-order valence-electron chi connectivity index (χ1n) is 5.85. The molecule has 1 heterocycles. The molecule has 1 aromatic rings. The Bertz CT molecular complexity index is 328. The Morgan fingerprint density at radius 1 is 1.38 bits per heavy atom. The van der Waals surface area contributed by atoms with Gasteiger partial charge in [-0.2, -0.15) is 4.98 Å². The summed E-state index contributed by atoms with van der Waals surface area (Å²) in [5.41, 5.74) is 0.917. The van der Waals surface area contributed by atoms with Crippen LogP contribution in [0.4, 0.5) is 5.95 Å². The molecule has 0 aliphatic rings. The van der Waals surface area contributed by atoms with Crippen LogP contribution in [0.1, 0.15) is 38.8 Å². The molecule has 0 saturated carbocycles. The Hall–Kier alpha value is -1.32. The molecular formula is C12H21N3O. The third-order valence-corrected chi connectivity index (χ3v) is 2.50. The van der Waals surface area contributed by atoms with Gasteiger partial charge in [0.25, 0.3) is 0 Å². The molecule has 0 spiro atoms. The zero-order valence-electron chi connectivity index (χ0n) is 10.6. The molecule has 0 fully saturated rings. The summed E-state index contributed by atoms with van der Waals surface area (Å²) in [5, 5.41) is 3.34. The van der Waals surface area contributed by atoms with Crippen molar-refractivity contribution in [2.45, 2.75) is 46.1 Å². The van der Waals surface area contributed by atoms with Crippen LogP contribution in [0.25, 0.3) is 0 Å². The van der Waals surface area contributed by atoms with Crippen molar-refractivity contribution >= 4 is 5.95 Å². The zero-order chi connectivity index (χ0) is 12.0. The summed E-state index contributed by atoms with van der Waals surface area (Å²) in [6, 6.07) is 2.27. The van der Waals surface area contributed by atoms with Crippen molar-refractivity contribution in [3.63, 3.8) is 0 Å². The summed E-state index contributed by atoms with van der Waals surface area (Å²) in [6.07, 6.45) is 3.37. The van der Waals surface area contributed by atoms with Gasteiger partial charge in [-0.05, 0) is 19.8 Å². The average molecular weight is 223 g/mol. The van der Waals surface area contributed by atoms with Crippen molar-refractivity contribution in [3.8, 4) is 5.88 Å². The lowest BCUT2D eigenvalue weighted by atomic mass is 10.1. The monoisotopic (exact) mass is 223 g/mol. The fourth-order valence-corrected chi connectivity index (χ4v) is 1.62. The molecule has 0 radical (unpaired) electrons. The number of methoxy groups -OCH3 is 1. The van der Waals surface area contributed by atoms with Crippen LogP contribution in [0.5, 0.6) is 5.88 Å². The summed E-state index contributed by atoms with van der Waals surface area (Å²) in [5.74, 6) is 1.28. The fourth-order valence-electron chi connectivity index (χ4n) is 1.62. The lowest BCUT2D eigenvalue weighted by Gasteiger charge is -2.16. The number of aryl methyl sites for hydroxylation is 1. The van der Waals surface area contributed by atoms with Crippen molar-refractivity contribution in [1.82, 2.24) is 9.97 Å². The molecule has 1 rings (SSSR count). The van der Waals surface area contributed by atoms with Gasteiger partial charge in [0.1, 0.15) is 0 Å². The van der Waals surface area contributed by atoms with E-state index in [0.29, 0.717) is 17.9 Å². The zero-order valence-corrected chi connectivity index (χ0v) is 10.6. The van der Waals surface area contributed by atoms with E-state index in [-0.39, 0.29) is 0 Å². The Kier molecular flexibility index (Phi) is 5.02. The molecule has 0 aliphatic carbocycles. The molecule has 0 amide bonds. The first kappa shape index (κ1) is 12.7. The Balaban J connectivity index is 2.74. The van der Waals surface area contributed by atoms with Gasteiger partial charge in [-0.25, -0.2) is 4.98 Å². The third kappa shape index (κ3) is 3.68. The predicted molar refractivity (Wildman–Crippen MR) is 65.9 cm³/mol. The number of hydrogen-bond acceptors (Lipinski definition) is 4. The van der Waals surface area contributed by atoms with Gasteiger partial charge in [0.15, 0.2) is 0 Å². The van der Waals surface area contributed by atoms with Crippen molar-refractivity contribution in [2.24, 2.45) is 0 Å². The maximum atomic E-state index is 5.12. The van der Waals surface area contributed by atoms with E-state index in [4.69, 9.17) is 4.74 Å². The highest BCUT2D eigenvalue weighted by molar-refractivity contribution is 5.31. The molecule has 0 bridgehead atoms. The lowest BCUT2D eigenvalue weighted by Crippen LogP contribution is -2.20. The topological polar surface area (TPSA) is 47.0 Å². The lowest BCUT2D eigenvalue weighted by molar-refractivity contribution is 0.396. The first-order valence-corrected chi connectivity index (χ1v) is 5.85. The van der Waals surface area contributed by atoms with Crippen molar-refractivity contribution in [2.75, 3.05) is 12.4 Å². The van der Waals surface area contributed by atoms with Gasteiger partial charge in [0.2, 0.25) is 11.8 Å². The Labute approximate surface area is 97.5 Å². The third-order valence-electron chi connectivity index (χ3n) is 2.50. The largest absolute Gasteiger partial charge is 0.481 e. The summed E-state index contributed by atoms with van der Waals surface area (Å²) in [4.78, 5) is 8.63. The minimum absolute atomic E-state index is 0.441. The maximum absolute atomic E-state index is 5.12. The maximum Gasteiger partial charge on any atom is 0.226 e. The van der Waals surface area contributed by atoms with Crippen molar-refractivity contribution in [1.29, 1.82) is 0 Å². The number of hydrogen-bond donors (Lipinski definition) is 1. The minimum atomic E-state index is 0.441. The highest BCUT2D eigenvalue weighted by Crippen LogP contribution is 2.14. The van der Waals surface area contributed by atoms with E-state index in [1.807, 2.05) is 13.0 Å². The van der Waals surface area contributed by atoms with Gasteiger partial charge < -0.3 is 10.1 Å². The SMILES string of the molecule is CCCC(CC)Nc1nc(C)cc(OC)n1. The minimum Gasteiger partial charge on any atom is -0.481 e. The standard InChI is InChI=1S/C12H21N3O/c1-5-7-10(6-2)14-12-13-9(3)8-11(15-12)16-4/h8,10H,5-7H2,1-4H3,(H,13,14,15). The predicted octanol–water partition coefficient (Wildman–Crippen LogP) is 2.78. The summed E-state index contributed by atoms with van der Waals surface area (Å²) in [7, 11) is 1.62. The Morgan fingerprint density at radius 3 is 2.69 bits per heavy atom. The summed E-state index contributed by atoms with van der Waals surface area (Å²) < 4.78 is 5.12. The van der Waals surface area contributed by atoms with Crippen LogP contribution in [0.2, 0.25) is 0 Å². The van der Waals surface area contributed by atoms with Crippen LogP contribution in [0, 0.1) is 6.92 Å². The van der Waals surface area contributed by atoms with Crippen LogP contribution < -0.4 is 10.1 Å². The van der Waals surface area contributed by atoms with Crippen LogP contribution in [-0.2, 0) is 0 Å². The quantitative estimate of drug-likeness (QED) is 0.805. The highest BCUT2D eigenvalue weighted by atomic mass is 16.5. The molecule has 1 N–H and O–H groups in total. The normalized spacial score (nSPS) is 12.2. The Morgan fingerprint density at radius 2 is 2.12 bits per heavy atom. The van der Waals surface area contributed by atoms with Gasteiger partial charge in [-0.3, -0.25) is 0 Å².